The Morgan fingerprint density at radius 3 is 2.43 bits per heavy atom. The van der Waals surface area contributed by atoms with Crippen LogP contribution in [0, 0.1) is 5.95 Å². The molecular weight excluding hydrogens is 179 g/mol. The summed E-state index contributed by atoms with van der Waals surface area (Å²) in [5.41, 5.74) is 0. The number of rotatable bonds is 1. The van der Waals surface area contributed by atoms with Crippen LogP contribution in [0.5, 0.6) is 0 Å². The maximum absolute atomic E-state index is 12.9. The van der Waals surface area contributed by atoms with Crippen molar-refractivity contribution < 1.29 is 4.39 Å². The van der Waals surface area contributed by atoms with Crippen LogP contribution in [0.15, 0.2) is 18.2 Å². The minimum atomic E-state index is -0.383. The van der Waals surface area contributed by atoms with Gasteiger partial charge in [-0.25, -0.2) is 4.98 Å². The van der Waals surface area contributed by atoms with E-state index in [0.29, 0.717) is 0 Å². The van der Waals surface area contributed by atoms with E-state index < -0.39 is 0 Å². The van der Waals surface area contributed by atoms with Crippen LogP contribution in [0.2, 0.25) is 0 Å². The third kappa shape index (κ3) is 2.22. The number of nitrogens with zero attached hydrogens (tertiary/aromatic N) is 2. The van der Waals surface area contributed by atoms with Crippen LogP contribution in [0.25, 0.3) is 0 Å². The van der Waals surface area contributed by atoms with E-state index in [1.807, 2.05) is 6.07 Å². The second-order valence-electron chi connectivity index (χ2n) is 3.72. The van der Waals surface area contributed by atoms with E-state index in [1.54, 1.807) is 6.07 Å². The molecule has 0 atom stereocenters. The molecule has 1 aromatic heterocycles. The lowest BCUT2D eigenvalue weighted by atomic mass is 10.2. The van der Waals surface area contributed by atoms with E-state index in [0.717, 1.165) is 18.9 Å². The molecule has 3 heteroatoms. The molecule has 0 aromatic carbocycles. The molecule has 1 aromatic rings. The van der Waals surface area contributed by atoms with Gasteiger partial charge in [-0.3, -0.25) is 0 Å². The summed E-state index contributed by atoms with van der Waals surface area (Å²) < 4.78 is 12.9. The van der Waals surface area contributed by atoms with Gasteiger partial charge in [-0.15, -0.1) is 0 Å². The molecule has 0 aliphatic carbocycles. The summed E-state index contributed by atoms with van der Waals surface area (Å²) >= 11 is 0. The summed E-state index contributed by atoms with van der Waals surface area (Å²) in [4.78, 5) is 6.07. The van der Waals surface area contributed by atoms with Gasteiger partial charge in [-0.1, -0.05) is 18.9 Å². The van der Waals surface area contributed by atoms with E-state index >= 15 is 0 Å². The van der Waals surface area contributed by atoms with Gasteiger partial charge in [0.15, 0.2) is 0 Å². The summed E-state index contributed by atoms with van der Waals surface area (Å²) in [6.45, 7) is 2.02. The Morgan fingerprint density at radius 1 is 1.07 bits per heavy atom. The smallest absolute Gasteiger partial charge is 0.214 e. The number of anilines is 1. The predicted molar refractivity (Wildman–Crippen MR) is 54.9 cm³/mol. The fourth-order valence-electron chi connectivity index (χ4n) is 1.87. The zero-order valence-electron chi connectivity index (χ0n) is 8.25. The molecule has 0 spiro atoms. The highest BCUT2D eigenvalue weighted by Crippen LogP contribution is 2.16. The summed E-state index contributed by atoms with van der Waals surface area (Å²) in [7, 11) is 0. The fraction of sp³-hybridized carbons (Fsp3) is 0.545. The highest BCUT2D eigenvalue weighted by molar-refractivity contribution is 5.37. The lowest BCUT2D eigenvalue weighted by Gasteiger charge is -2.20. The van der Waals surface area contributed by atoms with Gasteiger partial charge in [0.05, 0.1) is 0 Å². The molecule has 2 rings (SSSR count). The Balaban J connectivity index is 2.12. The molecule has 0 radical (unpaired) electrons. The van der Waals surface area contributed by atoms with Gasteiger partial charge in [-0.2, -0.15) is 4.39 Å². The number of pyridine rings is 1. The zero-order valence-corrected chi connectivity index (χ0v) is 8.25. The van der Waals surface area contributed by atoms with Crippen LogP contribution in [0.4, 0.5) is 10.2 Å². The molecule has 1 aliphatic heterocycles. The molecule has 0 N–H and O–H groups in total. The second kappa shape index (κ2) is 4.40. The Bertz CT molecular complexity index is 293. The minimum absolute atomic E-state index is 0.383. The number of aromatic nitrogens is 1. The topological polar surface area (TPSA) is 16.1 Å². The maximum atomic E-state index is 12.9. The van der Waals surface area contributed by atoms with Crippen LogP contribution in [-0.2, 0) is 0 Å². The molecule has 0 amide bonds. The molecule has 14 heavy (non-hydrogen) atoms. The van der Waals surface area contributed by atoms with E-state index in [1.165, 1.54) is 31.7 Å². The first kappa shape index (κ1) is 9.44. The fourth-order valence-corrected chi connectivity index (χ4v) is 1.87. The van der Waals surface area contributed by atoms with Crippen molar-refractivity contribution in [1.29, 1.82) is 0 Å². The Labute approximate surface area is 83.8 Å². The highest BCUT2D eigenvalue weighted by Gasteiger charge is 2.10. The molecule has 76 valence electrons. The largest absolute Gasteiger partial charge is 0.357 e. The van der Waals surface area contributed by atoms with Crippen molar-refractivity contribution in [3.05, 3.63) is 24.1 Å². The molecular formula is C11H15FN2. The van der Waals surface area contributed by atoms with E-state index in [4.69, 9.17) is 0 Å². The van der Waals surface area contributed by atoms with Crippen molar-refractivity contribution in [3.63, 3.8) is 0 Å². The summed E-state index contributed by atoms with van der Waals surface area (Å²) in [5, 5.41) is 0. The first-order chi connectivity index (χ1) is 6.86. The monoisotopic (exact) mass is 194 g/mol. The van der Waals surface area contributed by atoms with Gasteiger partial charge >= 0.3 is 0 Å². The van der Waals surface area contributed by atoms with Crippen LogP contribution in [0.1, 0.15) is 25.7 Å². The van der Waals surface area contributed by atoms with Crippen LogP contribution < -0.4 is 4.90 Å². The Kier molecular flexibility index (Phi) is 2.96. The Hall–Kier alpha value is -1.12. The van der Waals surface area contributed by atoms with Crippen molar-refractivity contribution in [2.75, 3.05) is 18.0 Å². The summed E-state index contributed by atoms with van der Waals surface area (Å²) in [6.07, 6.45) is 4.95. The van der Waals surface area contributed by atoms with Gasteiger partial charge in [0.25, 0.3) is 0 Å². The molecule has 2 heterocycles. The third-order valence-electron chi connectivity index (χ3n) is 2.63. The second-order valence-corrected chi connectivity index (χ2v) is 3.72. The standard InChI is InChI=1S/C11H15FN2/c12-10-6-5-7-11(13-10)14-8-3-1-2-4-9-14/h5-7H,1-4,8-9H2. The van der Waals surface area contributed by atoms with E-state index in [-0.39, 0.29) is 5.95 Å². The summed E-state index contributed by atoms with van der Waals surface area (Å²) in [5.74, 6) is 0.402. The van der Waals surface area contributed by atoms with Crippen molar-refractivity contribution in [3.8, 4) is 0 Å². The number of halogens is 1. The first-order valence-corrected chi connectivity index (χ1v) is 5.24. The Morgan fingerprint density at radius 2 is 1.79 bits per heavy atom. The minimum Gasteiger partial charge on any atom is -0.357 e. The molecule has 1 aliphatic rings. The summed E-state index contributed by atoms with van der Waals surface area (Å²) in [6, 6.07) is 5.00. The average molecular weight is 194 g/mol. The SMILES string of the molecule is Fc1cccc(N2CCCCCC2)n1. The number of hydrogen-bond acceptors (Lipinski definition) is 2. The zero-order chi connectivity index (χ0) is 9.80. The average Bonchev–Trinajstić information content (AvgIpc) is 2.45. The molecule has 1 saturated heterocycles. The lowest BCUT2D eigenvalue weighted by molar-refractivity contribution is 0.580. The van der Waals surface area contributed by atoms with Crippen molar-refractivity contribution in [2.24, 2.45) is 0 Å². The van der Waals surface area contributed by atoms with Gasteiger partial charge in [0.1, 0.15) is 5.82 Å². The molecule has 0 unspecified atom stereocenters. The quantitative estimate of drug-likeness (QED) is 0.639. The van der Waals surface area contributed by atoms with Crippen LogP contribution in [-0.4, -0.2) is 18.1 Å². The van der Waals surface area contributed by atoms with Crippen molar-refractivity contribution in [2.45, 2.75) is 25.7 Å². The van der Waals surface area contributed by atoms with Gasteiger partial charge in [0, 0.05) is 13.1 Å². The highest BCUT2D eigenvalue weighted by atomic mass is 19.1. The van der Waals surface area contributed by atoms with Gasteiger partial charge < -0.3 is 4.90 Å². The van der Waals surface area contributed by atoms with E-state index in [2.05, 4.69) is 9.88 Å². The normalized spacial score (nSPS) is 17.9. The predicted octanol–water partition coefficient (Wildman–Crippen LogP) is 2.60. The molecule has 0 bridgehead atoms. The molecule has 2 nitrogen and oxygen atoms in total. The maximum Gasteiger partial charge on any atom is 0.214 e. The first-order valence-electron chi connectivity index (χ1n) is 5.24. The van der Waals surface area contributed by atoms with Crippen LogP contribution in [0.3, 0.4) is 0 Å². The number of hydrogen-bond donors (Lipinski definition) is 0. The van der Waals surface area contributed by atoms with Crippen molar-refractivity contribution >= 4 is 5.82 Å². The van der Waals surface area contributed by atoms with Gasteiger partial charge in [0.2, 0.25) is 5.95 Å². The van der Waals surface area contributed by atoms with Crippen LogP contribution >= 0.6 is 0 Å². The molecule has 1 fully saturated rings. The van der Waals surface area contributed by atoms with Gasteiger partial charge in [-0.05, 0) is 25.0 Å². The lowest BCUT2D eigenvalue weighted by Crippen LogP contribution is -2.24. The molecule has 0 saturated carbocycles. The van der Waals surface area contributed by atoms with Crippen molar-refractivity contribution in [1.82, 2.24) is 4.98 Å². The third-order valence-corrected chi connectivity index (χ3v) is 2.63. The van der Waals surface area contributed by atoms with E-state index in [9.17, 15) is 4.39 Å².